The third kappa shape index (κ3) is 2.33. The van der Waals surface area contributed by atoms with E-state index < -0.39 is 11.6 Å². The fourth-order valence-electron chi connectivity index (χ4n) is 2.13. The molecule has 2 aromatic carbocycles. The van der Waals surface area contributed by atoms with Gasteiger partial charge in [-0.1, -0.05) is 6.07 Å². The van der Waals surface area contributed by atoms with Gasteiger partial charge in [-0.2, -0.15) is 0 Å². The van der Waals surface area contributed by atoms with Crippen LogP contribution >= 0.6 is 0 Å². The van der Waals surface area contributed by atoms with E-state index in [1.807, 2.05) is 0 Å². The van der Waals surface area contributed by atoms with Crippen molar-refractivity contribution in [1.82, 2.24) is 9.97 Å². The van der Waals surface area contributed by atoms with Gasteiger partial charge in [0.2, 0.25) is 0 Å². The molecule has 1 aromatic heterocycles. The summed E-state index contributed by atoms with van der Waals surface area (Å²) in [6.45, 7) is 0. The smallest absolute Gasteiger partial charge is 0.198 e. The molecule has 0 atom stereocenters. The number of hydrogen-bond acceptors (Lipinski definition) is 4. The molecule has 0 saturated heterocycles. The van der Waals surface area contributed by atoms with E-state index in [1.165, 1.54) is 25.4 Å². The van der Waals surface area contributed by atoms with Crippen molar-refractivity contribution in [2.24, 2.45) is 0 Å². The Kier molecular flexibility index (Phi) is 3.31. The molecule has 104 valence electrons. The summed E-state index contributed by atoms with van der Waals surface area (Å²) in [5, 5.41) is 0. The number of ether oxygens (including phenoxy) is 1. The fraction of sp³-hybridized carbons (Fsp3) is 0.0625. The Morgan fingerprint density at radius 2 is 1.90 bits per heavy atom. The van der Waals surface area contributed by atoms with Crippen LogP contribution in [0.4, 0.5) is 4.39 Å². The van der Waals surface area contributed by atoms with Crippen LogP contribution < -0.4 is 4.74 Å². The van der Waals surface area contributed by atoms with Crippen molar-refractivity contribution in [2.75, 3.05) is 7.11 Å². The zero-order chi connectivity index (χ0) is 14.8. The lowest BCUT2D eigenvalue weighted by atomic mass is 10.0. The second-order valence-corrected chi connectivity index (χ2v) is 4.40. The van der Waals surface area contributed by atoms with Gasteiger partial charge < -0.3 is 4.74 Å². The minimum absolute atomic E-state index is 0.0195. The van der Waals surface area contributed by atoms with Gasteiger partial charge in [0.1, 0.15) is 11.6 Å². The molecule has 0 unspecified atom stereocenters. The van der Waals surface area contributed by atoms with Crippen LogP contribution in [0.1, 0.15) is 15.9 Å². The van der Waals surface area contributed by atoms with Gasteiger partial charge in [0.25, 0.3) is 0 Å². The van der Waals surface area contributed by atoms with E-state index in [4.69, 9.17) is 4.74 Å². The van der Waals surface area contributed by atoms with E-state index in [0.717, 1.165) is 0 Å². The van der Waals surface area contributed by atoms with E-state index in [-0.39, 0.29) is 5.56 Å². The molecule has 0 N–H and O–H groups in total. The van der Waals surface area contributed by atoms with E-state index in [0.29, 0.717) is 22.3 Å². The van der Waals surface area contributed by atoms with Crippen LogP contribution in [0.5, 0.6) is 5.75 Å². The number of para-hydroxylation sites is 1. The van der Waals surface area contributed by atoms with Crippen LogP contribution in [0.15, 0.2) is 48.8 Å². The Bertz CT molecular complexity index is 828. The SMILES string of the molecule is COc1ccc(C(=O)c2cccc3nccnc23)c(F)c1. The van der Waals surface area contributed by atoms with Crippen molar-refractivity contribution < 1.29 is 13.9 Å². The molecule has 0 radical (unpaired) electrons. The standard InChI is InChI=1S/C16H11FN2O2/c1-21-10-5-6-11(13(17)9-10)16(20)12-3-2-4-14-15(12)19-8-7-18-14/h2-9H,1H3. The molecule has 21 heavy (non-hydrogen) atoms. The predicted octanol–water partition coefficient (Wildman–Crippen LogP) is 3.01. The van der Waals surface area contributed by atoms with Crippen LogP contribution in [0.3, 0.4) is 0 Å². The Morgan fingerprint density at radius 3 is 2.67 bits per heavy atom. The minimum atomic E-state index is -0.625. The van der Waals surface area contributed by atoms with Crippen molar-refractivity contribution in [2.45, 2.75) is 0 Å². The maximum atomic E-state index is 14.0. The average Bonchev–Trinajstić information content (AvgIpc) is 2.53. The van der Waals surface area contributed by atoms with Crippen molar-refractivity contribution in [3.05, 3.63) is 65.7 Å². The number of carbonyl (C=O) groups excluding carboxylic acids is 1. The molecule has 0 amide bonds. The van der Waals surface area contributed by atoms with Gasteiger partial charge in [0.05, 0.1) is 29.3 Å². The summed E-state index contributed by atoms with van der Waals surface area (Å²) < 4.78 is 19.0. The van der Waals surface area contributed by atoms with Crippen molar-refractivity contribution in [1.29, 1.82) is 0 Å². The van der Waals surface area contributed by atoms with Gasteiger partial charge in [-0.3, -0.25) is 14.8 Å². The number of carbonyl (C=O) groups is 1. The fourth-order valence-corrected chi connectivity index (χ4v) is 2.13. The maximum absolute atomic E-state index is 14.0. The summed E-state index contributed by atoms with van der Waals surface area (Å²) in [5.74, 6) is -0.691. The first-order valence-electron chi connectivity index (χ1n) is 6.28. The van der Waals surface area contributed by atoms with Gasteiger partial charge in [-0.15, -0.1) is 0 Å². The lowest BCUT2D eigenvalue weighted by molar-refractivity contribution is 0.103. The van der Waals surface area contributed by atoms with Crippen molar-refractivity contribution >= 4 is 16.8 Å². The Balaban J connectivity index is 2.13. The number of rotatable bonds is 3. The van der Waals surface area contributed by atoms with Crippen LogP contribution in [0.2, 0.25) is 0 Å². The average molecular weight is 282 g/mol. The first-order chi connectivity index (χ1) is 10.2. The Hall–Kier alpha value is -2.82. The summed E-state index contributed by atoms with van der Waals surface area (Å²) >= 11 is 0. The Morgan fingerprint density at radius 1 is 1.10 bits per heavy atom. The second-order valence-electron chi connectivity index (χ2n) is 4.40. The summed E-state index contributed by atoms with van der Waals surface area (Å²) in [4.78, 5) is 20.8. The summed E-state index contributed by atoms with van der Waals surface area (Å²) in [7, 11) is 1.44. The number of nitrogens with zero attached hydrogens (tertiary/aromatic N) is 2. The first kappa shape index (κ1) is 13.2. The van der Waals surface area contributed by atoms with E-state index >= 15 is 0 Å². The molecule has 1 heterocycles. The van der Waals surface area contributed by atoms with Crippen molar-refractivity contribution in [3.63, 3.8) is 0 Å². The summed E-state index contributed by atoms with van der Waals surface area (Å²) in [6, 6.07) is 9.21. The molecule has 0 aliphatic heterocycles. The lowest BCUT2D eigenvalue weighted by Gasteiger charge is -2.07. The molecule has 3 aromatic rings. The molecule has 0 saturated carbocycles. The van der Waals surface area contributed by atoms with Crippen molar-refractivity contribution in [3.8, 4) is 5.75 Å². The quantitative estimate of drug-likeness (QED) is 0.693. The molecule has 0 aliphatic rings. The number of methoxy groups -OCH3 is 1. The third-order valence-corrected chi connectivity index (χ3v) is 3.16. The number of aromatic nitrogens is 2. The highest BCUT2D eigenvalue weighted by atomic mass is 19.1. The van der Waals surface area contributed by atoms with Crippen LogP contribution in [-0.2, 0) is 0 Å². The topological polar surface area (TPSA) is 52.1 Å². The second kappa shape index (κ2) is 5.28. The lowest BCUT2D eigenvalue weighted by Crippen LogP contribution is -2.06. The molecule has 5 heteroatoms. The maximum Gasteiger partial charge on any atom is 0.198 e. The number of ketones is 1. The molecule has 4 nitrogen and oxygen atoms in total. The highest BCUT2D eigenvalue weighted by Crippen LogP contribution is 2.22. The summed E-state index contributed by atoms with van der Waals surface area (Å²) in [6.07, 6.45) is 3.05. The van der Waals surface area contributed by atoms with E-state index in [1.54, 1.807) is 30.5 Å². The zero-order valence-corrected chi connectivity index (χ0v) is 11.2. The minimum Gasteiger partial charge on any atom is -0.497 e. The number of fused-ring (bicyclic) bond motifs is 1. The number of halogens is 1. The third-order valence-electron chi connectivity index (χ3n) is 3.16. The largest absolute Gasteiger partial charge is 0.497 e. The number of hydrogen-bond donors (Lipinski definition) is 0. The predicted molar refractivity (Wildman–Crippen MR) is 75.9 cm³/mol. The van der Waals surface area contributed by atoms with Gasteiger partial charge in [-0.05, 0) is 24.3 Å². The molecular weight excluding hydrogens is 271 g/mol. The molecule has 0 fully saturated rings. The zero-order valence-electron chi connectivity index (χ0n) is 11.2. The highest BCUT2D eigenvalue weighted by molar-refractivity contribution is 6.15. The highest BCUT2D eigenvalue weighted by Gasteiger charge is 2.17. The van der Waals surface area contributed by atoms with Crippen LogP contribution in [0.25, 0.3) is 11.0 Å². The van der Waals surface area contributed by atoms with Gasteiger partial charge in [0, 0.05) is 18.5 Å². The van der Waals surface area contributed by atoms with Gasteiger partial charge >= 0.3 is 0 Å². The monoisotopic (exact) mass is 282 g/mol. The normalized spacial score (nSPS) is 10.6. The van der Waals surface area contributed by atoms with E-state index in [2.05, 4.69) is 9.97 Å². The van der Waals surface area contributed by atoms with Crippen LogP contribution in [0, 0.1) is 5.82 Å². The first-order valence-corrected chi connectivity index (χ1v) is 6.28. The summed E-state index contributed by atoms with van der Waals surface area (Å²) in [5.41, 5.74) is 1.36. The molecular formula is C16H11FN2O2. The van der Waals surface area contributed by atoms with Crippen LogP contribution in [-0.4, -0.2) is 22.9 Å². The molecule has 0 aliphatic carbocycles. The van der Waals surface area contributed by atoms with Gasteiger partial charge in [0.15, 0.2) is 5.78 Å². The Labute approximate surface area is 120 Å². The van der Waals surface area contributed by atoms with Gasteiger partial charge in [-0.25, -0.2) is 4.39 Å². The molecule has 0 bridgehead atoms. The van der Waals surface area contributed by atoms with E-state index in [9.17, 15) is 9.18 Å². The molecule has 3 rings (SSSR count). The molecule has 0 spiro atoms. The number of benzene rings is 2.